The molecular formula is C12H13Cl3O3. The molecular weight excluding hydrogens is 298 g/mol. The van der Waals surface area contributed by atoms with Crippen LogP contribution >= 0.6 is 34.8 Å². The van der Waals surface area contributed by atoms with E-state index in [0.717, 1.165) is 0 Å². The third-order valence-electron chi connectivity index (χ3n) is 1.77. The van der Waals surface area contributed by atoms with E-state index in [9.17, 15) is 4.79 Å². The van der Waals surface area contributed by atoms with Crippen molar-refractivity contribution in [2.45, 2.75) is 20.8 Å². The van der Waals surface area contributed by atoms with Crippen LogP contribution in [0.2, 0.25) is 15.1 Å². The van der Waals surface area contributed by atoms with Gasteiger partial charge in [0.2, 0.25) is 0 Å². The van der Waals surface area contributed by atoms with E-state index in [2.05, 4.69) is 0 Å². The van der Waals surface area contributed by atoms with Crippen LogP contribution in [-0.4, -0.2) is 12.8 Å². The van der Waals surface area contributed by atoms with Gasteiger partial charge in [0.1, 0.15) is 0 Å². The molecule has 0 aliphatic rings. The Morgan fingerprint density at radius 2 is 1.67 bits per heavy atom. The molecule has 1 aromatic rings. The Morgan fingerprint density at radius 3 is 2.11 bits per heavy atom. The lowest BCUT2D eigenvalue weighted by Gasteiger charge is -2.17. The summed E-state index contributed by atoms with van der Waals surface area (Å²) < 4.78 is 9.88. The molecule has 0 aliphatic carbocycles. The van der Waals surface area contributed by atoms with E-state index in [4.69, 9.17) is 44.3 Å². The van der Waals surface area contributed by atoms with E-state index < -0.39 is 6.16 Å². The van der Waals surface area contributed by atoms with Gasteiger partial charge in [0.25, 0.3) is 0 Å². The number of carbonyl (C=O) groups is 1. The fourth-order valence-electron chi connectivity index (χ4n) is 1.01. The van der Waals surface area contributed by atoms with Crippen LogP contribution < -0.4 is 4.74 Å². The first-order chi connectivity index (χ1) is 8.19. The van der Waals surface area contributed by atoms with Gasteiger partial charge in [0, 0.05) is 5.02 Å². The van der Waals surface area contributed by atoms with Crippen molar-refractivity contribution in [2.24, 2.45) is 5.41 Å². The Labute approximate surface area is 121 Å². The smallest absolute Gasteiger partial charge is 0.433 e. The van der Waals surface area contributed by atoms with Crippen LogP contribution in [0.5, 0.6) is 5.75 Å². The monoisotopic (exact) mass is 310 g/mol. The zero-order valence-electron chi connectivity index (χ0n) is 10.2. The van der Waals surface area contributed by atoms with Crippen LogP contribution in [-0.2, 0) is 4.74 Å². The van der Waals surface area contributed by atoms with Gasteiger partial charge < -0.3 is 9.47 Å². The summed E-state index contributed by atoms with van der Waals surface area (Å²) in [6.45, 7) is 6.03. The molecule has 0 spiro atoms. The number of carbonyl (C=O) groups excluding carboxylic acids is 1. The summed E-state index contributed by atoms with van der Waals surface area (Å²) in [5.74, 6) is 0.0432. The third kappa shape index (κ3) is 4.92. The molecule has 0 heterocycles. The highest BCUT2D eigenvalue weighted by Crippen LogP contribution is 2.36. The van der Waals surface area contributed by atoms with E-state index >= 15 is 0 Å². The predicted octanol–water partition coefficient (Wildman–Crippen LogP) is 5.21. The van der Waals surface area contributed by atoms with Gasteiger partial charge in [-0.2, -0.15) is 0 Å². The molecule has 0 unspecified atom stereocenters. The Balaban J connectivity index is 2.71. The second kappa shape index (κ2) is 6.00. The minimum Gasteiger partial charge on any atom is -0.433 e. The molecule has 1 rings (SSSR count). The summed E-state index contributed by atoms with van der Waals surface area (Å²) in [6, 6.07) is 2.86. The lowest BCUT2D eigenvalue weighted by molar-refractivity contribution is 0.0685. The highest BCUT2D eigenvalue weighted by Gasteiger charge is 2.18. The number of hydrogen-bond acceptors (Lipinski definition) is 3. The number of halogens is 3. The van der Waals surface area contributed by atoms with Gasteiger partial charge in [-0.3, -0.25) is 0 Å². The van der Waals surface area contributed by atoms with Crippen molar-refractivity contribution in [2.75, 3.05) is 6.61 Å². The molecule has 0 saturated heterocycles. The van der Waals surface area contributed by atoms with Crippen molar-refractivity contribution in [1.29, 1.82) is 0 Å². The van der Waals surface area contributed by atoms with Crippen LogP contribution in [0.15, 0.2) is 12.1 Å². The van der Waals surface area contributed by atoms with Gasteiger partial charge in [0.15, 0.2) is 5.75 Å². The summed E-state index contributed by atoms with van der Waals surface area (Å²) >= 11 is 17.5. The maximum Gasteiger partial charge on any atom is 0.513 e. The highest BCUT2D eigenvalue weighted by atomic mass is 35.5. The molecule has 0 N–H and O–H groups in total. The summed E-state index contributed by atoms with van der Waals surface area (Å²) in [5, 5.41) is 0.667. The zero-order chi connectivity index (χ0) is 13.9. The predicted molar refractivity (Wildman–Crippen MR) is 72.9 cm³/mol. The Bertz CT molecular complexity index is 429. The van der Waals surface area contributed by atoms with Gasteiger partial charge in [-0.15, -0.1) is 0 Å². The molecule has 6 heteroatoms. The topological polar surface area (TPSA) is 35.5 Å². The third-order valence-corrected chi connectivity index (χ3v) is 2.55. The van der Waals surface area contributed by atoms with Crippen molar-refractivity contribution in [3.8, 4) is 5.75 Å². The largest absolute Gasteiger partial charge is 0.513 e. The summed E-state index contributed by atoms with van der Waals surface area (Å²) in [5.41, 5.74) is -0.146. The molecule has 0 radical (unpaired) electrons. The van der Waals surface area contributed by atoms with Gasteiger partial charge in [0.05, 0.1) is 16.7 Å². The standard InChI is InChI=1S/C12H13Cl3O3/c1-12(2,3)6-17-11(16)18-10-8(14)4-7(13)5-9(10)15/h4-5H,6H2,1-3H3. The van der Waals surface area contributed by atoms with E-state index in [1.54, 1.807) is 0 Å². The number of hydrogen-bond donors (Lipinski definition) is 0. The van der Waals surface area contributed by atoms with Crippen molar-refractivity contribution >= 4 is 41.0 Å². The maximum atomic E-state index is 11.5. The molecule has 0 saturated carbocycles. The molecule has 0 aromatic heterocycles. The first-order valence-corrected chi connectivity index (χ1v) is 6.31. The Morgan fingerprint density at radius 1 is 1.17 bits per heavy atom. The van der Waals surface area contributed by atoms with E-state index in [0.29, 0.717) is 5.02 Å². The molecule has 0 aliphatic heterocycles. The van der Waals surface area contributed by atoms with Gasteiger partial charge >= 0.3 is 6.16 Å². The van der Waals surface area contributed by atoms with Gasteiger partial charge in [-0.05, 0) is 17.5 Å². The summed E-state index contributed by atoms with van der Waals surface area (Å²) in [7, 11) is 0. The first-order valence-electron chi connectivity index (χ1n) is 5.18. The fourth-order valence-corrected chi connectivity index (χ4v) is 1.91. The number of rotatable bonds is 2. The molecule has 0 fully saturated rings. The van der Waals surface area contributed by atoms with Crippen molar-refractivity contribution in [1.82, 2.24) is 0 Å². The SMILES string of the molecule is CC(C)(C)COC(=O)Oc1c(Cl)cc(Cl)cc1Cl. The van der Waals surface area contributed by atoms with Crippen LogP contribution in [0.4, 0.5) is 4.79 Å². The van der Waals surface area contributed by atoms with Crippen LogP contribution in [0.1, 0.15) is 20.8 Å². The van der Waals surface area contributed by atoms with Crippen LogP contribution in [0.3, 0.4) is 0 Å². The Kier molecular flexibility index (Phi) is 5.14. The van der Waals surface area contributed by atoms with Gasteiger partial charge in [-0.25, -0.2) is 4.79 Å². The average Bonchev–Trinajstić information content (AvgIpc) is 2.19. The van der Waals surface area contributed by atoms with Gasteiger partial charge in [-0.1, -0.05) is 55.6 Å². The number of benzene rings is 1. The fraction of sp³-hybridized carbons (Fsp3) is 0.417. The van der Waals surface area contributed by atoms with E-state index in [1.165, 1.54) is 12.1 Å². The Hall–Kier alpha value is -0.640. The number of ether oxygens (including phenoxy) is 2. The van der Waals surface area contributed by atoms with Crippen molar-refractivity contribution in [3.05, 3.63) is 27.2 Å². The molecule has 0 bridgehead atoms. The highest BCUT2D eigenvalue weighted by molar-refractivity contribution is 6.40. The maximum absolute atomic E-state index is 11.5. The van der Waals surface area contributed by atoms with E-state index in [1.807, 2.05) is 20.8 Å². The molecule has 1 aromatic carbocycles. The molecule has 18 heavy (non-hydrogen) atoms. The molecule has 100 valence electrons. The van der Waals surface area contributed by atoms with Crippen LogP contribution in [0.25, 0.3) is 0 Å². The molecule has 3 nitrogen and oxygen atoms in total. The summed E-state index contributed by atoms with van der Waals surface area (Å²) in [6.07, 6.45) is -0.851. The minimum atomic E-state index is -0.851. The molecule has 0 amide bonds. The first kappa shape index (κ1) is 15.4. The average molecular weight is 312 g/mol. The minimum absolute atomic E-state index is 0.0432. The lowest BCUT2D eigenvalue weighted by atomic mass is 9.99. The summed E-state index contributed by atoms with van der Waals surface area (Å²) in [4.78, 5) is 11.5. The van der Waals surface area contributed by atoms with Crippen molar-refractivity contribution < 1.29 is 14.3 Å². The lowest BCUT2D eigenvalue weighted by Crippen LogP contribution is -2.20. The quantitative estimate of drug-likeness (QED) is 0.555. The van der Waals surface area contributed by atoms with Crippen molar-refractivity contribution in [3.63, 3.8) is 0 Å². The molecule has 0 atom stereocenters. The zero-order valence-corrected chi connectivity index (χ0v) is 12.5. The second-order valence-electron chi connectivity index (χ2n) is 4.90. The van der Waals surface area contributed by atoms with E-state index in [-0.39, 0.29) is 27.8 Å². The normalized spacial score (nSPS) is 11.2. The second-order valence-corrected chi connectivity index (χ2v) is 6.15. The van der Waals surface area contributed by atoms with Crippen LogP contribution in [0, 0.1) is 5.41 Å².